The molecule has 5 nitrogen and oxygen atoms in total. The van der Waals surface area contributed by atoms with Crippen LogP contribution in [0.3, 0.4) is 0 Å². The summed E-state index contributed by atoms with van der Waals surface area (Å²) in [5, 5.41) is 0. The minimum atomic E-state index is -3.46. The molecule has 0 atom stereocenters. The Hall–Kier alpha value is -1.27. The lowest BCUT2D eigenvalue weighted by Crippen LogP contribution is -2.33. The average Bonchev–Trinajstić information content (AvgIpc) is 2.45. The topological polar surface area (TPSA) is 55.8 Å². The van der Waals surface area contributed by atoms with Crippen LogP contribution in [-0.4, -0.2) is 40.0 Å². The summed E-state index contributed by atoms with van der Waals surface area (Å²) in [5.41, 5.74) is 0. The second kappa shape index (κ2) is 7.13. The molecule has 2 rings (SSSR count). The Balaban J connectivity index is 2.29. The fourth-order valence-electron chi connectivity index (χ4n) is 2.58. The molecule has 1 fully saturated rings. The van der Waals surface area contributed by atoms with Gasteiger partial charge in [-0.25, -0.2) is 8.42 Å². The molecule has 1 saturated heterocycles. The zero-order valence-electron chi connectivity index (χ0n) is 12.7. The minimum Gasteiger partial charge on any atom is -0.493 e. The maximum Gasteiger partial charge on any atom is 0.243 e. The highest BCUT2D eigenvalue weighted by molar-refractivity contribution is 7.89. The van der Waals surface area contributed by atoms with Crippen LogP contribution >= 0.6 is 0 Å². The van der Waals surface area contributed by atoms with E-state index in [1.165, 1.54) is 26.7 Å². The number of rotatable bonds is 4. The molecule has 1 aromatic carbocycles. The third-order valence-electron chi connectivity index (χ3n) is 3.81. The van der Waals surface area contributed by atoms with E-state index >= 15 is 0 Å². The van der Waals surface area contributed by atoms with E-state index in [1.54, 1.807) is 16.4 Å². The van der Waals surface area contributed by atoms with Crippen molar-refractivity contribution in [1.29, 1.82) is 0 Å². The van der Waals surface area contributed by atoms with E-state index in [1.807, 2.05) is 0 Å². The van der Waals surface area contributed by atoms with Crippen molar-refractivity contribution in [2.24, 2.45) is 0 Å². The highest BCUT2D eigenvalue weighted by Crippen LogP contribution is 2.31. The quantitative estimate of drug-likeness (QED) is 0.857. The lowest BCUT2D eigenvalue weighted by atomic mass is 10.1. The van der Waals surface area contributed by atoms with Gasteiger partial charge in [-0.1, -0.05) is 19.3 Å². The second-order valence-electron chi connectivity index (χ2n) is 5.19. The van der Waals surface area contributed by atoms with Gasteiger partial charge in [0, 0.05) is 19.2 Å². The molecule has 0 unspecified atom stereocenters. The van der Waals surface area contributed by atoms with Crippen LogP contribution in [0.2, 0.25) is 0 Å². The van der Waals surface area contributed by atoms with Gasteiger partial charge in [0.25, 0.3) is 0 Å². The van der Waals surface area contributed by atoms with E-state index in [9.17, 15) is 8.42 Å². The molecule has 1 aromatic rings. The van der Waals surface area contributed by atoms with Crippen molar-refractivity contribution >= 4 is 10.0 Å². The summed E-state index contributed by atoms with van der Waals surface area (Å²) in [6.07, 6.45) is 5.24. The first-order valence-electron chi connectivity index (χ1n) is 7.32. The van der Waals surface area contributed by atoms with E-state index in [-0.39, 0.29) is 4.90 Å². The van der Waals surface area contributed by atoms with E-state index in [0.29, 0.717) is 24.6 Å². The number of benzene rings is 1. The van der Waals surface area contributed by atoms with E-state index in [4.69, 9.17) is 9.47 Å². The predicted octanol–water partition coefficient (Wildman–Crippen LogP) is 2.66. The van der Waals surface area contributed by atoms with Crippen LogP contribution in [0.4, 0.5) is 0 Å². The lowest BCUT2D eigenvalue weighted by Gasteiger charge is -2.24. The first-order chi connectivity index (χ1) is 10.1. The normalized spacial score (nSPS) is 17.8. The summed E-state index contributed by atoms with van der Waals surface area (Å²) in [6, 6.07) is 4.75. The Kier molecular flexibility index (Phi) is 5.47. The number of hydrogen-bond acceptors (Lipinski definition) is 4. The molecule has 0 amide bonds. The predicted molar refractivity (Wildman–Crippen MR) is 81.4 cm³/mol. The van der Waals surface area contributed by atoms with Gasteiger partial charge in [0.05, 0.1) is 19.1 Å². The summed E-state index contributed by atoms with van der Waals surface area (Å²) in [7, 11) is -0.425. The van der Waals surface area contributed by atoms with Gasteiger partial charge >= 0.3 is 0 Å². The van der Waals surface area contributed by atoms with Gasteiger partial charge in [-0.05, 0) is 25.0 Å². The number of methoxy groups -OCH3 is 2. The van der Waals surface area contributed by atoms with E-state index in [2.05, 4.69) is 0 Å². The third kappa shape index (κ3) is 3.68. The van der Waals surface area contributed by atoms with Crippen LogP contribution in [0.5, 0.6) is 11.5 Å². The first kappa shape index (κ1) is 16.1. The van der Waals surface area contributed by atoms with Crippen LogP contribution in [-0.2, 0) is 10.0 Å². The molecule has 0 aromatic heterocycles. The van der Waals surface area contributed by atoms with E-state index in [0.717, 1.165) is 25.7 Å². The average molecular weight is 313 g/mol. The fraction of sp³-hybridized carbons (Fsp3) is 0.600. The fourth-order valence-corrected chi connectivity index (χ4v) is 4.12. The van der Waals surface area contributed by atoms with Crippen molar-refractivity contribution in [2.45, 2.75) is 37.0 Å². The Morgan fingerprint density at radius 2 is 1.48 bits per heavy atom. The smallest absolute Gasteiger partial charge is 0.243 e. The molecule has 6 heteroatoms. The van der Waals surface area contributed by atoms with Crippen LogP contribution in [0.25, 0.3) is 0 Å². The third-order valence-corrected chi connectivity index (χ3v) is 5.70. The molecular weight excluding hydrogens is 290 g/mol. The highest BCUT2D eigenvalue weighted by atomic mass is 32.2. The number of hydrogen-bond donors (Lipinski definition) is 0. The van der Waals surface area contributed by atoms with Gasteiger partial charge in [-0.2, -0.15) is 4.31 Å². The monoisotopic (exact) mass is 313 g/mol. The maximum atomic E-state index is 12.7. The molecule has 118 valence electrons. The SMILES string of the molecule is COc1ccc(S(=O)(=O)N2CCCCCCC2)cc1OC. The largest absolute Gasteiger partial charge is 0.493 e. The van der Waals surface area contributed by atoms with Gasteiger partial charge < -0.3 is 9.47 Å². The summed E-state index contributed by atoms with van der Waals surface area (Å²) < 4.78 is 37.4. The molecular formula is C15H23NO4S. The zero-order chi connectivity index (χ0) is 15.3. The van der Waals surface area contributed by atoms with Crippen molar-refractivity contribution in [3.8, 4) is 11.5 Å². The van der Waals surface area contributed by atoms with Crippen molar-refractivity contribution in [2.75, 3.05) is 27.3 Å². The Morgan fingerprint density at radius 3 is 2.05 bits per heavy atom. The maximum absolute atomic E-state index is 12.7. The van der Waals surface area contributed by atoms with Gasteiger partial charge in [0.1, 0.15) is 0 Å². The van der Waals surface area contributed by atoms with Crippen molar-refractivity contribution < 1.29 is 17.9 Å². The van der Waals surface area contributed by atoms with Crippen LogP contribution < -0.4 is 9.47 Å². The molecule has 1 heterocycles. The van der Waals surface area contributed by atoms with Crippen LogP contribution in [0.1, 0.15) is 32.1 Å². The number of nitrogens with zero attached hydrogens (tertiary/aromatic N) is 1. The molecule has 0 bridgehead atoms. The molecule has 0 radical (unpaired) electrons. The second-order valence-corrected chi connectivity index (χ2v) is 7.13. The Morgan fingerprint density at radius 1 is 0.905 bits per heavy atom. The molecule has 21 heavy (non-hydrogen) atoms. The van der Waals surface area contributed by atoms with Crippen LogP contribution in [0.15, 0.2) is 23.1 Å². The molecule has 0 spiro atoms. The minimum absolute atomic E-state index is 0.265. The van der Waals surface area contributed by atoms with Gasteiger partial charge in [0.15, 0.2) is 11.5 Å². The Bertz CT molecular complexity index is 563. The molecule has 1 aliphatic rings. The highest BCUT2D eigenvalue weighted by Gasteiger charge is 2.25. The first-order valence-corrected chi connectivity index (χ1v) is 8.76. The summed E-state index contributed by atoms with van der Waals surface area (Å²) >= 11 is 0. The molecule has 1 aliphatic heterocycles. The van der Waals surface area contributed by atoms with Crippen LogP contribution in [0, 0.1) is 0 Å². The van der Waals surface area contributed by atoms with Crippen molar-refractivity contribution in [1.82, 2.24) is 4.31 Å². The van der Waals surface area contributed by atoms with E-state index < -0.39 is 10.0 Å². The zero-order valence-corrected chi connectivity index (χ0v) is 13.5. The van der Waals surface area contributed by atoms with Gasteiger partial charge in [-0.15, -0.1) is 0 Å². The van der Waals surface area contributed by atoms with Gasteiger partial charge in [0.2, 0.25) is 10.0 Å². The summed E-state index contributed by atoms with van der Waals surface area (Å²) in [5.74, 6) is 0.967. The standard InChI is InChI=1S/C15H23NO4S/c1-19-14-9-8-13(12-15(14)20-2)21(17,18)16-10-6-4-3-5-7-11-16/h8-9,12H,3-7,10-11H2,1-2H3. The number of ether oxygens (including phenoxy) is 2. The molecule has 0 saturated carbocycles. The summed E-state index contributed by atoms with van der Waals surface area (Å²) in [6.45, 7) is 1.19. The lowest BCUT2D eigenvalue weighted by molar-refractivity contribution is 0.351. The number of sulfonamides is 1. The van der Waals surface area contributed by atoms with Crippen molar-refractivity contribution in [3.63, 3.8) is 0 Å². The summed E-state index contributed by atoms with van der Waals surface area (Å²) in [4.78, 5) is 0.265. The Labute approximate surface area is 126 Å². The molecule has 0 N–H and O–H groups in total. The molecule has 0 aliphatic carbocycles. The van der Waals surface area contributed by atoms with Gasteiger partial charge in [-0.3, -0.25) is 0 Å². The van der Waals surface area contributed by atoms with Crippen molar-refractivity contribution in [3.05, 3.63) is 18.2 Å².